The van der Waals surface area contributed by atoms with Crippen LogP contribution >= 0.6 is 0 Å². The molecule has 1 aromatic carbocycles. The van der Waals surface area contributed by atoms with Crippen LogP contribution in [0.25, 0.3) is 0 Å². The first-order valence-electron chi connectivity index (χ1n) is 10.2. The average Bonchev–Trinajstić information content (AvgIpc) is 3.11. The van der Waals surface area contributed by atoms with E-state index in [9.17, 15) is 18.8 Å². The Bertz CT molecular complexity index is 785. The highest BCUT2D eigenvalue weighted by Crippen LogP contribution is 2.31. The zero-order chi connectivity index (χ0) is 22.3. The first kappa shape index (κ1) is 23.6. The molecule has 30 heavy (non-hydrogen) atoms. The fourth-order valence-electron chi connectivity index (χ4n) is 3.74. The smallest absolute Gasteiger partial charge is 0.328 e. The monoisotopic (exact) mass is 422 g/mol. The average molecular weight is 422 g/mol. The first-order valence-corrected chi connectivity index (χ1v) is 10.2. The number of benzene rings is 1. The molecule has 2 amide bonds. The van der Waals surface area contributed by atoms with Gasteiger partial charge < -0.3 is 20.1 Å². The normalized spacial score (nSPS) is 20.2. The van der Waals surface area contributed by atoms with Gasteiger partial charge in [0.05, 0.1) is 14.2 Å². The number of hydrogen-bond donors (Lipinski definition) is 2. The lowest BCUT2D eigenvalue weighted by Gasteiger charge is -2.30. The molecule has 166 valence electrons. The van der Waals surface area contributed by atoms with Crippen molar-refractivity contribution in [2.45, 2.75) is 64.0 Å². The summed E-state index contributed by atoms with van der Waals surface area (Å²) in [6.45, 7) is 3.80. The van der Waals surface area contributed by atoms with Crippen molar-refractivity contribution in [3.8, 4) is 5.75 Å². The Kier molecular flexibility index (Phi) is 8.20. The van der Waals surface area contributed by atoms with Gasteiger partial charge in [0.2, 0.25) is 11.8 Å². The summed E-state index contributed by atoms with van der Waals surface area (Å²) in [6.07, 6.45) is 2.25. The van der Waals surface area contributed by atoms with Crippen LogP contribution in [0.15, 0.2) is 18.2 Å². The van der Waals surface area contributed by atoms with E-state index in [1.165, 1.54) is 20.3 Å². The molecule has 7 nitrogen and oxygen atoms in total. The Morgan fingerprint density at radius 1 is 1.33 bits per heavy atom. The number of esters is 1. The van der Waals surface area contributed by atoms with Crippen LogP contribution < -0.4 is 15.4 Å². The van der Waals surface area contributed by atoms with Gasteiger partial charge in [-0.05, 0) is 36.8 Å². The highest BCUT2D eigenvalue weighted by molar-refractivity contribution is 5.85. The van der Waals surface area contributed by atoms with E-state index in [1.807, 2.05) is 13.8 Å². The molecule has 0 aliphatic carbocycles. The Labute approximate surface area is 176 Å². The largest absolute Gasteiger partial charge is 0.497 e. The minimum Gasteiger partial charge on any atom is -0.497 e. The van der Waals surface area contributed by atoms with Crippen molar-refractivity contribution in [1.82, 2.24) is 10.6 Å². The van der Waals surface area contributed by atoms with Crippen LogP contribution in [0.4, 0.5) is 4.39 Å². The maximum Gasteiger partial charge on any atom is 0.328 e. The molecule has 1 saturated heterocycles. The number of carbonyl (C=O) groups is 3. The van der Waals surface area contributed by atoms with E-state index in [1.54, 1.807) is 12.1 Å². The zero-order valence-corrected chi connectivity index (χ0v) is 18.0. The summed E-state index contributed by atoms with van der Waals surface area (Å²) in [5, 5.41) is 5.68. The van der Waals surface area contributed by atoms with Crippen molar-refractivity contribution in [1.29, 1.82) is 0 Å². The van der Waals surface area contributed by atoms with Crippen LogP contribution in [0.3, 0.4) is 0 Å². The minimum absolute atomic E-state index is 0.0741. The number of carbonyl (C=O) groups excluding carboxylic acids is 3. The van der Waals surface area contributed by atoms with Gasteiger partial charge in [-0.3, -0.25) is 9.59 Å². The van der Waals surface area contributed by atoms with E-state index < -0.39 is 23.4 Å². The standard InChI is InChI=1S/C22H31FN2O5/c1-5-14(2)20(21(28)30-4)24-18(26)8-10-22(11-9-19(27)25-22)13-15-6-7-16(29-3)12-17(15)23/h6-7,12,14,20H,5,8-11,13H2,1-4H3,(H,24,26)(H,25,27)/t14-,20-,22+/m0/s1. The molecule has 0 bridgehead atoms. The van der Waals surface area contributed by atoms with Crippen LogP contribution in [0.1, 0.15) is 51.5 Å². The predicted octanol–water partition coefficient (Wildman–Crippen LogP) is 2.51. The topological polar surface area (TPSA) is 93.7 Å². The molecule has 0 unspecified atom stereocenters. The lowest BCUT2D eigenvalue weighted by Crippen LogP contribution is -2.48. The molecule has 2 N–H and O–H groups in total. The van der Waals surface area contributed by atoms with Crippen LogP contribution in [-0.2, 0) is 25.5 Å². The Balaban J connectivity index is 2.08. The van der Waals surface area contributed by atoms with Gasteiger partial charge in [0.15, 0.2) is 0 Å². The van der Waals surface area contributed by atoms with Crippen molar-refractivity contribution < 1.29 is 28.2 Å². The maximum atomic E-state index is 14.5. The molecular weight excluding hydrogens is 391 g/mol. The molecule has 3 atom stereocenters. The number of amides is 2. The minimum atomic E-state index is -0.722. The van der Waals surface area contributed by atoms with Crippen LogP contribution in [-0.4, -0.2) is 43.6 Å². The van der Waals surface area contributed by atoms with Crippen molar-refractivity contribution in [3.05, 3.63) is 29.6 Å². The van der Waals surface area contributed by atoms with Crippen LogP contribution in [0, 0.1) is 11.7 Å². The molecule has 1 fully saturated rings. The molecule has 0 spiro atoms. The van der Waals surface area contributed by atoms with Crippen molar-refractivity contribution in [2.24, 2.45) is 5.92 Å². The predicted molar refractivity (Wildman–Crippen MR) is 109 cm³/mol. The molecule has 8 heteroatoms. The number of halogens is 1. The van der Waals surface area contributed by atoms with Gasteiger partial charge in [0.1, 0.15) is 17.6 Å². The van der Waals surface area contributed by atoms with Gasteiger partial charge in [-0.1, -0.05) is 26.3 Å². The second-order valence-electron chi connectivity index (χ2n) is 7.92. The van der Waals surface area contributed by atoms with Gasteiger partial charge in [0.25, 0.3) is 0 Å². The van der Waals surface area contributed by atoms with Crippen molar-refractivity contribution in [3.63, 3.8) is 0 Å². The summed E-state index contributed by atoms with van der Waals surface area (Å²) < 4.78 is 24.3. The van der Waals surface area contributed by atoms with Gasteiger partial charge in [0, 0.05) is 24.4 Å². The second-order valence-corrected chi connectivity index (χ2v) is 7.92. The van der Waals surface area contributed by atoms with Gasteiger partial charge >= 0.3 is 5.97 Å². The van der Waals surface area contributed by atoms with E-state index in [-0.39, 0.29) is 30.6 Å². The van der Waals surface area contributed by atoms with E-state index in [4.69, 9.17) is 9.47 Å². The summed E-state index contributed by atoms with van der Waals surface area (Å²) >= 11 is 0. The third-order valence-corrected chi connectivity index (χ3v) is 5.84. The number of ether oxygens (including phenoxy) is 2. The zero-order valence-electron chi connectivity index (χ0n) is 18.0. The summed E-state index contributed by atoms with van der Waals surface area (Å²) in [6, 6.07) is 3.89. The molecule has 2 rings (SSSR count). The molecule has 0 aromatic heterocycles. The summed E-state index contributed by atoms with van der Waals surface area (Å²) in [4.78, 5) is 36.5. The summed E-state index contributed by atoms with van der Waals surface area (Å²) in [5.41, 5.74) is -0.258. The number of hydrogen-bond acceptors (Lipinski definition) is 5. The Morgan fingerprint density at radius 2 is 2.07 bits per heavy atom. The van der Waals surface area contributed by atoms with Crippen LogP contribution in [0.5, 0.6) is 5.75 Å². The maximum absolute atomic E-state index is 14.5. The Hall–Kier alpha value is -2.64. The highest BCUT2D eigenvalue weighted by atomic mass is 19.1. The lowest BCUT2D eigenvalue weighted by atomic mass is 9.84. The van der Waals surface area contributed by atoms with Crippen molar-refractivity contribution >= 4 is 17.8 Å². The van der Waals surface area contributed by atoms with E-state index in [0.717, 1.165) is 0 Å². The molecule has 1 heterocycles. The third-order valence-electron chi connectivity index (χ3n) is 5.84. The highest BCUT2D eigenvalue weighted by Gasteiger charge is 2.39. The van der Waals surface area contributed by atoms with E-state index >= 15 is 0 Å². The van der Waals surface area contributed by atoms with Crippen LogP contribution in [0.2, 0.25) is 0 Å². The summed E-state index contributed by atoms with van der Waals surface area (Å²) in [5.74, 6) is -0.976. The molecule has 1 aliphatic heterocycles. The van der Waals surface area contributed by atoms with Crippen molar-refractivity contribution in [2.75, 3.05) is 14.2 Å². The number of nitrogens with one attached hydrogen (secondary N) is 2. The third kappa shape index (κ3) is 5.93. The van der Waals surface area contributed by atoms with E-state index in [0.29, 0.717) is 37.0 Å². The molecule has 0 radical (unpaired) electrons. The fraction of sp³-hybridized carbons (Fsp3) is 0.591. The van der Waals surface area contributed by atoms with Gasteiger partial charge in [-0.2, -0.15) is 0 Å². The SMILES string of the molecule is CC[C@H](C)[C@H](NC(=O)CC[C@]1(Cc2ccc(OC)cc2F)CCC(=O)N1)C(=O)OC. The Morgan fingerprint density at radius 3 is 2.60 bits per heavy atom. The first-order chi connectivity index (χ1) is 14.2. The molecule has 1 aromatic rings. The lowest BCUT2D eigenvalue weighted by molar-refractivity contribution is -0.146. The molecule has 1 aliphatic rings. The van der Waals surface area contributed by atoms with Gasteiger partial charge in [-0.25, -0.2) is 9.18 Å². The van der Waals surface area contributed by atoms with E-state index in [2.05, 4.69) is 10.6 Å². The number of methoxy groups -OCH3 is 2. The quantitative estimate of drug-likeness (QED) is 0.565. The second kappa shape index (κ2) is 10.4. The van der Waals surface area contributed by atoms with Gasteiger partial charge in [-0.15, -0.1) is 0 Å². The molecular formula is C22H31FN2O5. The summed E-state index contributed by atoms with van der Waals surface area (Å²) in [7, 11) is 2.75. The fourth-order valence-corrected chi connectivity index (χ4v) is 3.74. The molecule has 0 saturated carbocycles. The number of rotatable bonds is 10.